The van der Waals surface area contributed by atoms with Crippen molar-refractivity contribution in [3.63, 3.8) is 0 Å². The van der Waals surface area contributed by atoms with E-state index in [1.807, 2.05) is 6.08 Å². The molecule has 0 spiro atoms. The van der Waals surface area contributed by atoms with Crippen molar-refractivity contribution in [1.29, 1.82) is 0 Å². The predicted molar refractivity (Wildman–Crippen MR) is 85.0 cm³/mol. The van der Waals surface area contributed by atoms with Gasteiger partial charge in [-0.05, 0) is 37.1 Å². The molecule has 1 aliphatic carbocycles. The fourth-order valence-electron chi connectivity index (χ4n) is 2.56. The van der Waals surface area contributed by atoms with Gasteiger partial charge in [-0.2, -0.15) is 9.61 Å². The average molecular weight is 359 g/mol. The van der Waals surface area contributed by atoms with Crippen molar-refractivity contribution in [3.05, 3.63) is 55.0 Å². The predicted octanol–water partition coefficient (Wildman–Crippen LogP) is 0.441. The Hall–Kier alpha value is -2.41. The number of halogens is 1. The summed E-state index contributed by atoms with van der Waals surface area (Å²) in [6.07, 6.45) is 5.35. The number of phenolic OH excluding ortho intramolecular Hbond substituents is 1. The van der Waals surface area contributed by atoms with E-state index in [-0.39, 0.29) is 11.3 Å². The summed E-state index contributed by atoms with van der Waals surface area (Å²) in [4.78, 5) is 19.3. The fourth-order valence-corrected chi connectivity index (χ4v) is 2.94. The van der Waals surface area contributed by atoms with Gasteiger partial charge in [0.05, 0.1) is 11.0 Å². The topological polar surface area (TPSA) is 83.3 Å². The lowest BCUT2D eigenvalue weighted by atomic mass is 10.2. The number of benzene rings is 1. The zero-order chi connectivity index (χ0) is 15.3. The van der Waals surface area contributed by atoms with Crippen molar-refractivity contribution < 1.29 is 5.11 Å². The number of phenols is 1. The van der Waals surface area contributed by atoms with Gasteiger partial charge in [-0.25, -0.2) is 4.98 Å². The van der Waals surface area contributed by atoms with Gasteiger partial charge in [-0.15, -0.1) is 0 Å². The van der Waals surface area contributed by atoms with Crippen LogP contribution in [0, 0.1) is 0 Å². The molecule has 2 heterocycles. The first-order valence-electron chi connectivity index (χ1n) is 6.80. The number of hydrogen-bond acceptors (Lipinski definition) is 4. The molecule has 110 valence electrons. The van der Waals surface area contributed by atoms with Crippen LogP contribution < -0.4 is 16.3 Å². The summed E-state index contributed by atoms with van der Waals surface area (Å²) in [6, 6.07) is 5.04. The van der Waals surface area contributed by atoms with E-state index in [1.54, 1.807) is 24.3 Å². The Labute approximate surface area is 132 Å². The van der Waals surface area contributed by atoms with Gasteiger partial charge in [0, 0.05) is 10.0 Å². The number of aromatic hydroxyl groups is 1. The zero-order valence-corrected chi connectivity index (χ0v) is 13.0. The van der Waals surface area contributed by atoms with Crippen LogP contribution in [0.3, 0.4) is 0 Å². The number of aryl methyl sites for hydroxylation is 1. The number of aromatic amines is 1. The molecule has 0 saturated heterocycles. The summed E-state index contributed by atoms with van der Waals surface area (Å²) in [7, 11) is 0. The van der Waals surface area contributed by atoms with Crippen molar-refractivity contribution in [2.24, 2.45) is 0 Å². The Kier molecular flexibility index (Phi) is 2.90. The molecule has 0 amide bonds. The van der Waals surface area contributed by atoms with E-state index in [9.17, 15) is 9.90 Å². The lowest BCUT2D eigenvalue weighted by Crippen LogP contribution is -2.28. The van der Waals surface area contributed by atoms with Crippen molar-refractivity contribution in [1.82, 2.24) is 19.6 Å². The SMILES string of the molecule is O=c1[nH]c2nc3c(nn2/c1=C\c1cc(Br)ccc1O)CCC=3. The van der Waals surface area contributed by atoms with Gasteiger partial charge >= 0.3 is 0 Å². The Morgan fingerprint density at radius 3 is 3.14 bits per heavy atom. The summed E-state index contributed by atoms with van der Waals surface area (Å²) in [5.74, 6) is 0.502. The molecule has 22 heavy (non-hydrogen) atoms. The van der Waals surface area contributed by atoms with Crippen molar-refractivity contribution in [2.75, 3.05) is 0 Å². The third-order valence-corrected chi connectivity index (χ3v) is 4.12. The standard InChI is InChI=1S/C15H11BrN4O2/c16-9-4-5-13(21)8(6-9)7-12-14(22)18-15-17-10-2-1-3-11(10)19-20(12)15/h2,4-7,21H,1,3H2,(H,17,18,22)/b12-7-. The molecule has 4 rings (SSSR count). The van der Waals surface area contributed by atoms with Crippen LogP contribution in [0.1, 0.15) is 17.7 Å². The minimum absolute atomic E-state index is 0.0972. The highest BCUT2D eigenvalue weighted by Crippen LogP contribution is 2.22. The maximum atomic E-state index is 12.2. The Bertz CT molecular complexity index is 1080. The van der Waals surface area contributed by atoms with Crippen LogP contribution in [0.4, 0.5) is 0 Å². The van der Waals surface area contributed by atoms with Crippen LogP contribution in [0.2, 0.25) is 0 Å². The first-order chi connectivity index (χ1) is 10.6. The smallest absolute Gasteiger partial charge is 0.276 e. The van der Waals surface area contributed by atoms with E-state index in [4.69, 9.17) is 0 Å². The molecule has 7 heteroatoms. The van der Waals surface area contributed by atoms with E-state index < -0.39 is 0 Å². The van der Waals surface area contributed by atoms with Crippen LogP contribution >= 0.6 is 15.9 Å². The Morgan fingerprint density at radius 2 is 2.27 bits per heavy atom. The molecule has 0 bridgehead atoms. The zero-order valence-electron chi connectivity index (χ0n) is 11.4. The molecule has 0 atom stereocenters. The number of nitrogens with zero attached hydrogens (tertiary/aromatic N) is 3. The normalized spacial score (nSPS) is 14.3. The molecular weight excluding hydrogens is 348 g/mol. The lowest BCUT2D eigenvalue weighted by molar-refractivity contribution is 0.474. The number of imidazole rings is 1. The number of hydrogen-bond donors (Lipinski definition) is 2. The molecule has 0 unspecified atom stereocenters. The third kappa shape index (κ3) is 2.05. The monoisotopic (exact) mass is 358 g/mol. The van der Waals surface area contributed by atoms with Crippen LogP contribution in [0.15, 0.2) is 27.5 Å². The number of fused-ring (bicyclic) bond motifs is 2. The summed E-state index contributed by atoms with van der Waals surface area (Å²) >= 11 is 3.35. The highest BCUT2D eigenvalue weighted by molar-refractivity contribution is 9.10. The molecule has 6 nitrogen and oxygen atoms in total. The van der Waals surface area contributed by atoms with E-state index >= 15 is 0 Å². The molecule has 0 aliphatic heterocycles. The number of H-pyrrole nitrogens is 1. The molecule has 2 aromatic heterocycles. The fraction of sp³-hybridized carbons (Fsp3) is 0.133. The van der Waals surface area contributed by atoms with Crippen molar-refractivity contribution in [2.45, 2.75) is 12.8 Å². The second-order valence-corrected chi connectivity index (χ2v) is 6.02. The molecule has 0 fully saturated rings. The van der Waals surface area contributed by atoms with Crippen molar-refractivity contribution >= 4 is 33.9 Å². The third-order valence-electron chi connectivity index (χ3n) is 3.63. The van der Waals surface area contributed by atoms with Gasteiger partial charge in [0.1, 0.15) is 11.1 Å². The maximum absolute atomic E-state index is 12.2. The lowest BCUT2D eigenvalue weighted by Gasteiger charge is -1.99. The average Bonchev–Trinajstić information content (AvgIpc) is 3.05. The first-order valence-corrected chi connectivity index (χ1v) is 7.59. The molecule has 3 aromatic rings. The second-order valence-electron chi connectivity index (χ2n) is 5.11. The van der Waals surface area contributed by atoms with Gasteiger partial charge in [-0.3, -0.25) is 9.78 Å². The number of rotatable bonds is 1. The summed E-state index contributed by atoms with van der Waals surface area (Å²) < 4.78 is 2.32. The van der Waals surface area contributed by atoms with Crippen LogP contribution in [0.5, 0.6) is 5.75 Å². The Morgan fingerprint density at radius 1 is 1.41 bits per heavy atom. The maximum Gasteiger partial charge on any atom is 0.276 e. The molecule has 1 aliphatic rings. The van der Waals surface area contributed by atoms with Gasteiger partial charge in [0.2, 0.25) is 5.78 Å². The molecule has 0 saturated carbocycles. The first kappa shape index (κ1) is 13.3. The summed E-state index contributed by atoms with van der Waals surface area (Å²) in [6.45, 7) is 0. The summed E-state index contributed by atoms with van der Waals surface area (Å²) in [5.41, 5.74) is 1.13. The van der Waals surface area contributed by atoms with Gasteiger partial charge in [0.15, 0.2) is 0 Å². The highest BCUT2D eigenvalue weighted by atomic mass is 79.9. The molecule has 2 N–H and O–H groups in total. The largest absolute Gasteiger partial charge is 0.507 e. The van der Waals surface area contributed by atoms with Gasteiger partial charge in [0.25, 0.3) is 5.56 Å². The summed E-state index contributed by atoms with van der Waals surface area (Å²) in [5, 5.41) is 15.6. The molecular formula is C15H11BrN4O2. The van der Waals surface area contributed by atoms with Crippen LogP contribution in [-0.2, 0) is 6.42 Å². The molecule has 0 radical (unpaired) electrons. The van der Waals surface area contributed by atoms with E-state index in [1.165, 1.54) is 4.52 Å². The Balaban J connectivity index is 2.05. The number of aromatic nitrogens is 4. The highest BCUT2D eigenvalue weighted by Gasteiger charge is 2.11. The van der Waals surface area contributed by atoms with Crippen LogP contribution in [-0.4, -0.2) is 24.7 Å². The van der Waals surface area contributed by atoms with Gasteiger partial charge in [-0.1, -0.05) is 22.0 Å². The van der Waals surface area contributed by atoms with Crippen LogP contribution in [0.25, 0.3) is 17.9 Å². The second kappa shape index (κ2) is 4.81. The minimum Gasteiger partial charge on any atom is -0.507 e. The van der Waals surface area contributed by atoms with E-state index in [0.717, 1.165) is 28.4 Å². The molecule has 1 aromatic carbocycles. The minimum atomic E-state index is -0.289. The number of nitrogens with one attached hydrogen (secondary N) is 1. The quantitative estimate of drug-likeness (QED) is 0.661. The van der Waals surface area contributed by atoms with Gasteiger partial charge < -0.3 is 5.11 Å². The van der Waals surface area contributed by atoms with Crippen molar-refractivity contribution in [3.8, 4) is 5.75 Å². The van der Waals surface area contributed by atoms with E-state index in [2.05, 4.69) is 31.0 Å². The van der Waals surface area contributed by atoms with E-state index in [0.29, 0.717) is 16.7 Å².